The molecular formula is C4H6N4O2S. The SMILES string of the molecule is N=C(N)N1CC(=S(=O)=O)C=N1. The molecule has 6 nitrogen and oxygen atoms in total. The molecule has 0 bridgehead atoms. The molecule has 0 atom stereocenters. The molecule has 7 heteroatoms. The lowest BCUT2D eigenvalue weighted by Gasteiger charge is -2.07. The average molecular weight is 174 g/mol. The molecule has 0 aromatic heterocycles. The van der Waals surface area contributed by atoms with Gasteiger partial charge in [-0.1, -0.05) is 0 Å². The minimum absolute atomic E-state index is 0.0610. The number of nitrogens with zero attached hydrogens (tertiary/aromatic N) is 2. The minimum atomic E-state index is -2.25. The van der Waals surface area contributed by atoms with Crippen LogP contribution < -0.4 is 5.73 Å². The second-order valence-electron chi connectivity index (χ2n) is 1.89. The minimum Gasteiger partial charge on any atom is -0.369 e. The predicted molar refractivity (Wildman–Crippen MR) is 41.0 cm³/mol. The van der Waals surface area contributed by atoms with Crippen LogP contribution in [0, 0.1) is 5.41 Å². The van der Waals surface area contributed by atoms with E-state index in [2.05, 4.69) is 5.10 Å². The Kier molecular flexibility index (Phi) is 1.90. The van der Waals surface area contributed by atoms with Crippen LogP contribution in [0.25, 0.3) is 0 Å². The lowest BCUT2D eigenvalue weighted by Crippen LogP contribution is -2.32. The van der Waals surface area contributed by atoms with Gasteiger partial charge in [0.25, 0.3) is 0 Å². The Balaban J connectivity index is 2.88. The molecule has 1 rings (SSSR count). The lowest BCUT2D eigenvalue weighted by molar-refractivity contribution is 0.517. The van der Waals surface area contributed by atoms with Gasteiger partial charge in [0, 0.05) is 0 Å². The van der Waals surface area contributed by atoms with Crippen molar-refractivity contribution in [2.45, 2.75) is 0 Å². The van der Waals surface area contributed by atoms with Gasteiger partial charge in [0.1, 0.15) is 4.86 Å². The van der Waals surface area contributed by atoms with Gasteiger partial charge in [0.2, 0.25) is 16.3 Å². The van der Waals surface area contributed by atoms with Crippen molar-refractivity contribution in [2.75, 3.05) is 6.54 Å². The number of nitrogens with two attached hydrogens (primary N) is 1. The maximum absolute atomic E-state index is 10.3. The number of hydrazone groups is 1. The van der Waals surface area contributed by atoms with Crippen LogP contribution in [0.3, 0.4) is 0 Å². The van der Waals surface area contributed by atoms with Crippen molar-refractivity contribution >= 4 is 27.3 Å². The highest BCUT2D eigenvalue weighted by molar-refractivity contribution is 7.74. The van der Waals surface area contributed by atoms with Gasteiger partial charge in [-0.15, -0.1) is 0 Å². The Hall–Kier alpha value is -1.37. The van der Waals surface area contributed by atoms with Gasteiger partial charge in [0.15, 0.2) is 0 Å². The maximum Gasteiger partial charge on any atom is 0.220 e. The van der Waals surface area contributed by atoms with Crippen LogP contribution in [-0.2, 0) is 10.3 Å². The molecule has 0 aromatic rings. The summed E-state index contributed by atoms with van der Waals surface area (Å²) in [4.78, 5) is 0.139. The van der Waals surface area contributed by atoms with Crippen LogP contribution in [0.5, 0.6) is 0 Å². The molecule has 0 radical (unpaired) electrons. The van der Waals surface area contributed by atoms with Gasteiger partial charge in [-0.3, -0.25) is 5.41 Å². The zero-order chi connectivity index (χ0) is 8.43. The highest BCUT2D eigenvalue weighted by atomic mass is 32.2. The van der Waals surface area contributed by atoms with Crippen molar-refractivity contribution in [3.05, 3.63) is 0 Å². The molecule has 11 heavy (non-hydrogen) atoms. The third-order valence-electron chi connectivity index (χ3n) is 1.14. The van der Waals surface area contributed by atoms with E-state index >= 15 is 0 Å². The van der Waals surface area contributed by atoms with Crippen LogP contribution >= 0.6 is 0 Å². The molecule has 0 unspecified atom stereocenters. The average Bonchev–Trinajstić information content (AvgIpc) is 2.33. The molecule has 0 aliphatic carbocycles. The Bertz CT molecular complexity index is 333. The van der Waals surface area contributed by atoms with Gasteiger partial charge < -0.3 is 5.73 Å². The third-order valence-corrected chi connectivity index (χ3v) is 1.80. The zero-order valence-electron chi connectivity index (χ0n) is 5.48. The van der Waals surface area contributed by atoms with Crippen LogP contribution in [0.4, 0.5) is 0 Å². The van der Waals surface area contributed by atoms with Crippen molar-refractivity contribution < 1.29 is 8.42 Å². The quantitative estimate of drug-likeness (QED) is 0.258. The van der Waals surface area contributed by atoms with E-state index in [1.165, 1.54) is 6.21 Å². The first-order chi connectivity index (χ1) is 5.11. The first-order valence-electron chi connectivity index (χ1n) is 2.72. The van der Waals surface area contributed by atoms with Gasteiger partial charge >= 0.3 is 0 Å². The summed E-state index contributed by atoms with van der Waals surface area (Å²) in [5.41, 5.74) is 5.04. The second kappa shape index (κ2) is 2.70. The summed E-state index contributed by atoms with van der Waals surface area (Å²) in [6.45, 7) is 0.0610. The summed E-state index contributed by atoms with van der Waals surface area (Å²) < 4.78 is 20.6. The van der Waals surface area contributed by atoms with E-state index in [1.54, 1.807) is 0 Å². The molecule has 1 aliphatic rings. The standard InChI is InChI=1S/C4H6N4O2S/c5-4(6)8-2-3(1-7-8)11(9)10/h1H,2H2,(H3,5,6). The van der Waals surface area contributed by atoms with Crippen LogP contribution in [0.1, 0.15) is 0 Å². The number of hydrogen-bond donors (Lipinski definition) is 2. The fourth-order valence-electron chi connectivity index (χ4n) is 0.606. The van der Waals surface area contributed by atoms with Gasteiger partial charge in [-0.05, 0) is 0 Å². The molecule has 0 saturated heterocycles. The summed E-state index contributed by atoms with van der Waals surface area (Å²) in [5.74, 6) is -0.262. The normalized spacial score (nSPS) is 15.6. The van der Waals surface area contributed by atoms with E-state index in [0.29, 0.717) is 0 Å². The summed E-state index contributed by atoms with van der Waals surface area (Å²) in [6.07, 6.45) is 1.17. The topological polar surface area (TPSA) is 99.6 Å². The molecule has 3 N–H and O–H groups in total. The Morgan fingerprint density at radius 2 is 2.45 bits per heavy atom. The van der Waals surface area contributed by atoms with Crippen molar-refractivity contribution in [3.63, 3.8) is 0 Å². The molecule has 0 saturated carbocycles. The van der Waals surface area contributed by atoms with E-state index in [9.17, 15) is 8.42 Å². The van der Waals surface area contributed by atoms with Crippen LogP contribution in [0.15, 0.2) is 5.10 Å². The number of rotatable bonds is 0. The number of nitrogens with one attached hydrogen (secondary N) is 1. The monoisotopic (exact) mass is 174 g/mol. The van der Waals surface area contributed by atoms with Gasteiger partial charge in [-0.2, -0.15) is 13.5 Å². The maximum atomic E-state index is 10.3. The molecular weight excluding hydrogens is 168 g/mol. The molecule has 0 amide bonds. The smallest absolute Gasteiger partial charge is 0.220 e. The summed E-state index contributed by atoms with van der Waals surface area (Å²) in [6, 6.07) is 0. The predicted octanol–water partition coefficient (Wildman–Crippen LogP) is -1.77. The van der Waals surface area contributed by atoms with Crippen LogP contribution in [-0.4, -0.2) is 37.0 Å². The van der Waals surface area contributed by atoms with E-state index in [0.717, 1.165) is 5.01 Å². The Morgan fingerprint density at radius 3 is 2.73 bits per heavy atom. The Labute approximate surface area is 64.3 Å². The first-order valence-corrected chi connectivity index (χ1v) is 3.79. The molecule has 1 heterocycles. The molecule has 1 aliphatic heterocycles. The van der Waals surface area contributed by atoms with Gasteiger partial charge in [-0.25, -0.2) is 5.01 Å². The highest BCUT2D eigenvalue weighted by Crippen LogP contribution is 1.94. The fraction of sp³-hybridized carbons (Fsp3) is 0.250. The van der Waals surface area contributed by atoms with Crippen molar-refractivity contribution in [2.24, 2.45) is 10.8 Å². The largest absolute Gasteiger partial charge is 0.369 e. The Morgan fingerprint density at radius 1 is 1.82 bits per heavy atom. The first kappa shape index (κ1) is 7.73. The molecule has 0 fully saturated rings. The number of hydrogen-bond acceptors (Lipinski definition) is 4. The summed E-state index contributed by atoms with van der Waals surface area (Å²) >= 11 is 0. The lowest BCUT2D eigenvalue weighted by atomic mass is 10.5. The van der Waals surface area contributed by atoms with Crippen molar-refractivity contribution in [1.29, 1.82) is 5.41 Å². The zero-order valence-corrected chi connectivity index (χ0v) is 6.30. The highest BCUT2D eigenvalue weighted by Gasteiger charge is 2.14. The van der Waals surface area contributed by atoms with Gasteiger partial charge in [0.05, 0.1) is 12.8 Å². The second-order valence-corrected chi connectivity index (χ2v) is 2.88. The van der Waals surface area contributed by atoms with Crippen molar-refractivity contribution in [3.8, 4) is 0 Å². The number of guanidine groups is 1. The molecule has 60 valence electrons. The van der Waals surface area contributed by atoms with E-state index in [-0.39, 0.29) is 17.4 Å². The van der Waals surface area contributed by atoms with Crippen molar-refractivity contribution in [1.82, 2.24) is 5.01 Å². The van der Waals surface area contributed by atoms with E-state index < -0.39 is 10.3 Å². The third kappa shape index (κ3) is 1.55. The molecule has 0 aromatic carbocycles. The fourth-order valence-corrected chi connectivity index (χ4v) is 0.967. The summed E-state index contributed by atoms with van der Waals surface area (Å²) in [7, 11) is -2.25. The van der Waals surface area contributed by atoms with E-state index in [1.807, 2.05) is 0 Å². The summed E-state index contributed by atoms with van der Waals surface area (Å²) in [5, 5.41) is 11.6. The van der Waals surface area contributed by atoms with E-state index in [4.69, 9.17) is 11.1 Å². The molecule has 0 spiro atoms. The van der Waals surface area contributed by atoms with Crippen LogP contribution in [0.2, 0.25) is 0 Å².